The van der Waals surface area contributed by atoms with Gasteiger partial charge in [-0.1, -0.05) is 32.1 Å². The van der Waals surface area contributed by atoms with Gasteiger partial charge in [-0.25, -0.2) is 0 Å². The Morgan fingerprint density at radius 2 is 2.11 bits per heavy atom. The zero-order chi connectivity index (χ0) is 13.5. The normalized spacial score (nSPS) is 26.3. The Morgan fingerprint density at radius 3 is 2.84 bits per heavy atom. The molecule has 4 heteroatoms. The number of nitrogens with zero attached hydrogens (tertiary/aromatic N) is 1. The Labute approximate surface area is 117 Å². The molecule has 1 saturated heterocycles. The van der Waals surface area contributed by atoms with Crippen LogP contribution in [0, 0.1) is 5.92 Å². The molecular weight excluding hydrogens is 238 g/mol. The van der Waals surface area contributed by atoms with E-state index in [1.54, 1.807) is 0 Å². The van der Waals surface area contributed by atoms with Gasteiger partial charge in [-0.3, -0.25) is 9.69 Å². The summed E-state index contributed by atoms with van der Waals surface area (Å²) in [5.74, 6) is 1.05. The van der Waals surface area contributed by atoms with E-state index in [1.807, 2.05) is 0 Å². The first-order valence-corrected chi connectivity index (χ1v) is 7.97. The maximum Gasteiger partial charge on any atom is 0.234 e. The fourth-order valence-corrected chi connectivity index (χ4v) is 3.25. The Bertz CT molecular complexity index is 277. The lowest BCUT2D eigenvalue weighted by molar-refractivity contribution is -0.123. The number of carbonyl (C=O) groups is 1. The average Bonchev–Trinajstić information content (AvgIpc) is 2.43. The Kier molecular flexibility index (Phi) is 6.11. The van der Waals surface area contributed by atoms with Crippen molar-refractivity contribution in [3.63, 3.8) is 0 Å². The van der Waals surface area contributed by atoms with Crippen LogP contribution < -0.4 is 10.6 Å². The molecule has 1 aliphatic carbocycles. The van der Waals surface area contributed by atoms with Crippen LogP contribution in [0.4, 0.5) is 0 Å². The molecule has 1 saturated carbocycles. The van der Waals surface area contributed by atoms with Gasteiger partial charge in [-0.2, -0.15) is 0 Å². The van der Waals surface area contributed by atoms with Crippen molar-refractivity contribution in [2.45, 2.75) is 51.5 Å². The third-order valence-corrected chi connectivity index (χ3v) is 4.59. The molecule has 19 heavy (non-hydrogen) atoms. The predicted molar refractivity (Wildman–Crippen MR) is 78.1 cm³/mol. The smallest absolute Gasteiger partial charge is 0.234 e. The lowest BCUT2D eigenvalue weighted by Gasteiger charge is -2.33. The van der Waals surface area contributed by atoms with Crippen molar-refractivity contribution in [2.24, 2.45) is 5.92 Å². The monoisotopic (exact) mass is 267 g/mol. The molecule has 2 aliphatic rings. The van der Waals surface area contributed by atoms with E-state index in [0.717, 1.165) is 32.1 Å². The fourth-order valence-electron chi connectivity index (χ4n) is 3.25. The highest BCUT2D eigenvalue weighted by Crippen LogP contribution is 2.25. The van der Waals surface area contributed by atoms with Crippen LogP contribution in [0.5, 0.6) is 0 Å². The Morgan fingerprint density at radius 1 is 1.32 bits per heavy atom. The molecule has 0 aromatic heterocycles. The molecular formula is C15H29N3O. The van der Waals surface area contributed by atoms with Crippen LogP contribution in [0.1, 0.15) is 45.4 Å². The SMILES string of the molecule is C[C@@H]1CNCCN1CC(=O)NCCC1CCCCC1. The van der Waals surface area contributed by atoms with Crippen molar-refractivity contribution in [1.29, 1.82) is 0 Å². The van der Waals surface area contributed by atoms with Crippen LogP contribution in [-0.2, 0) is 4.79 Å². The van der Waals surface area contributed by atoms with E-state index in [4.69, 9.17) is 0 Å². The van der Waals surface area contributed by atoms with Gasteiger partial charge in [0, 0.05) is 32.2 Å². The van der Waals surface area contributed by atoms with Gasteiger partial charge in [0.05, 0.1) is 6.54 Å². The van der Waals surface area contributed by atoms with Gasteiger partial charge in [0.1, 0.15) is 0 Å². The highest BCUT2D eigenvalue weighted by atomic mass is 16.2. The second-order valence-electron chi connectivity index (χ2n) is 6.17. The largest absolute Gasteiger partial charge is 0.355 e. The van der Waals surface area contributed by atoms with E-state index in [2.05, 4.69) is 22.5 Å². The van der Waals surface area contributed by atoms with Gasteiger partial charge in [0.25, 0.3) is 0 Å². The molecule has 2 rings (SSSR count). The Hall–Kier alpha value is -0.610. The molecule has 1 atom stereocenters. The van der Waals surface area contributed by atoms with E-state index in [0.29, 0.717) is 12.6 Å². The van der Waals surface area contributed by atoms with E-state index < -0.39 is 0 Å². The first-order chi connectivity index (χ1) is 9.25. The number of hydrogen-bond acceptors (Lipinski definition) is 3. The second-order valence-corrected chi connectivity index (χ2v) is 6.17. The number of carbonyl (C=O) groups excluding carboxylic acids is 1. The molecule has 1 amide bonds. The van der Waals surface area contributed by atoms with Gasteiger partial charge in [-0.15, -0.1) is 0 Å². The van der Waals surface area contributed by atoms with Gasteiger partial charge < -0.3 is 10.6 Å². The Balaban J connectivity index is 1.58. The zero-order valence-electron chi connectivity index (χ0n) is 12.3. The van der Waals surface area contributed by atoms with Gasteiger partial charge >= 0.3 is 0 Å². The summed E-state index contributed by atoms with van der Waals surface area (Å²) in [5, 5.41) is 6.45. The minimum Gasteiger partial charge on any atom is -0.355 e. The van der Waals surface area contributed by atoms with E-state index in [9.17, 15) is 4.79 Å². The van der Waals surface area contributed by atoms with Crippen LogP contribution in [0.3, 0.4) is 0 Å². The summed E-state index contributed by atoms with van der Waals surface area (Å²) in [7, 11) is 0. The minimum atomic E-state index is 0.199. The van der Waals surface area contributed by atoms with Gasteiger partial charge in [0.15, 0.2) is 0 Å². The van der Waals surface area contributed by atoms with Gasteiger partial charge in [-0.05, 0) is 19.3 Å². The van der Waals surface area contributed by atoms with Crippen molar-refractivity contribution in [1.82, 2.24) is 15.5 Å². The molecule has 1 heterocycles. The maximum atomic E-state index is 11.9. The third kappa shape index (κ3) is 5.11. The van der Waals surface area contributed by atoms with Crippen molar-refractivity contribution < 1.29 is 4.79 Å². The predicted octanol–water partition coefficient (Wildman–Crippen LogP) is 1.37. The van der Waals surface area contributed by atoms with Crippen LogP contribution >= 0.6 is 0 Å². The number of amides is 1. The first kappa shape index (κ1) is 14.8. The highest BCUT2D eigenvalue weighted by molar-refractivity contribution is 5.78. The minimum absolute atomic E-state index is 0.199. The molecule has 2 N–H and O–H groups in total. The molecule has 110 valence electrons. The van der Waals surface area contributed by atoms with E-state index in [1.165, 1.54) is 38.5 Å². The number of nitrogens with one attached hydrogen (secondary N) is 2. The molecule has 0 radical (unpaired) electrons. The lowest BCUT2D eigenvalue weighted by atomic mass is 9.87. The van der Waals surface area contributed by atoms with Crippen LogP contribution in [-0.4, -0.2) is 49.6 Å². The van der Waals surface area contributed by atoms with Crippen LogP contribution in [0.15, 0.2) is 0 Å². The highest BCUT2D eigenvalue weighted by Gasteiger charge is 2.20. The molecule has 0 bridgehead atoms. The van der Waals surface area contributed by atoms with Crippen LogP contribution in [0.25, 0.3) is 0 Å². The standard InChI is InChI=1S/C15H29N3O/c1-13-11-16-9-10-18(13)12-15(19)17-8-7-14-5-3-2-4-6-14/h13-14,16H,2-12H2,1H3,(H,17,19)/t13-/m1/s1. The molecule has 2 fully saturated rings. The average molecular weight is 267 g/mol. The molecule has 4 nitrogen and oxygen atoms in total. The molecule has 0 spiro atoms. The fraction of sp³-hybridized carbons (Fsp3) is 0.933. The van der Waals surface area contributed by atoms with Crippen LogP contribution in [0.2, 0.25) is 0 Å². The number of rotatable bonds is 5. The van der Waals surface area contributed by atoms with Crippen molar-refractivity contribution in [3.05, 3.63) is 0 Å². The van der Waals surface area contributed by atoms with Crippen molar-refractivity contribution >= 4 is 5.91 Å². The van der Waals surface area contributed by atoms with Crippen molar-refractivity contribution in [2.75, 3.05) is 32.7 Å². The lowest BCUT2D eigenvalue weighted by Crippen LogP contribution is -2.52. The summed E-state index contributed by atoms with van der Waals surface area (Å²) in [5.41, 5.74) is 0. The number of hydrogen-bond donors (Lipinski definition) is 2. The summed E-state index contributed by atoms with van der Waals surface area (Å²) < 4.78 is 0. The molecule has 0 aromatic carbocycles. The topological polar surface area (TPSA) is 44.4 Å². The van der Waals surface area contributed by atoms with E-state index in [-0.39, 0.29) is 5.91 Å². The maximum absolute atomic E-state index is 11.9. The van der Waals surface area contributed by atoms with Crippen molar-refractivity contribution in [3.8, 4) is 0 Å². The molecule has 1 aliphatic heterocycles. The second kappa shape index (κ2) is 7.85. The summed E-state index contributed by atoms with van der Waals surface area (Å²) in [6, 6.07) is 0.470. The summed E-state index contributed by atoms with van der Waals surface area (Å²) in [4.78, 5) is 14.2. The summed E-state index contributed by atoms with van der Waals surface area (Å²) in [6.45, 7) is 6.59. The third-order valence-electron chi connectivity index (χ3n) is 4.59. The summed E-state index contributed by atoms with van der Waals surface area (Å²) in [6.07, 6.45) is 8.08. The van der Waals surface area contributed by atoms with E-state index >= 15 is 0 Å². The number of piperazine rings is 1. The van der Waals surface area contributed by atoms with Gasteiger partial charge in [0.2, 0.25) is 5.91 Å². The quantitative estimate of drug-likeness (QED) is 0.791. The zero-order valence-corrected chi connectivity index (χ0v) is 12.3. The summed E-state index contributed by atoms with van der Waals surface area (Å²) >= 11 is 0. The molecule has 0 unspecified atom stereocenters. The molecule has 0 aromatic rings. The first-order valence-electron chi connectivity index (χ1n) is 7.97.